The Kier molecular flexibility index (Phi) is 12.1. The van der Waals surface area contributed by atoms with Crippen molar-refractivity contribution in [2.75, 3.05) is 13.2 Å². The van der Waals surface area contributed by atoms with Gasteiger partial charge in [0.15, 0.2) is 0 Å². The molecule has 0 N–H and O–H groups in total. The molecule has 0 saturated heterocycles. The van der Waals surface area contributed by atoms with E-state index in [-0.39, 0.29) is 5.97 Å². The fraction of sp³-hybridized carbons (Fsp3) is 0.579. The molecule has 0 radical (unpaired) electrons. The Hall–Kier alpha value is -1.64. The number of carbonyl (C=O) groups excluding carboxylic acids is 1. The minimum atomic E-state index is -0.256. The zero-order valence-electron chi connectivity index (χ0n) is 14.8. The van der Waals surface area contributed by atoms with Crippen molar-refractivity contribution in [2.45, 2.75) is 60.3 Å². The molecule has 0 aliphatic carbocycles. The highest BCUT2D eigenvalue weighted by Gasteiger charge is 1.92. The van der Waals surface area contributed by atoms with Crippen molar-refractivity contribution in [3.8, 4) is 0 Å². The highest BCUT2D eigenvalue weighted by molar-refractivity contribution is 5.72. The summed E-state index contributed by atoms with van der Waals surface area (Å²) in [5.74, 6) is -0.256. The third kappa shape index (κ3) is 14.8. The molecule has 0 saturated carbocycles. The monoisotopic (exact) mass is 305 g/mol. The smallest absolute Gasteiger partial charge is 0.302 e. The summed E-state index contributed by atoms with van der Waals surface area (Å²) in [4.78, 5) is 14.7. The van der Waals surface area contributed by atoms with Crippen LogP contribution in [-0.4, -0.2) is 25.3 Å². The number of ether oxygens (including phenoxy) is 1. The fourth-order valence-electron chi connectivity index (χ4n) is 1.82. The molecule has 0 rings (SSSR count). The van der Waals surface area contributed by atoms with Crippen LogP contribution in [0, 0.1) is 0 Å². The summed E-state index contributed by atoms with van der Waals surface area (Å²) in [5.41, 5.74) is 4.16. The molecular formula is C19H31NO2. The molecule has 0 spiro atoms. The molecule has 0 atom stereocenters. The lowest BCUT2D eigenvalue weighted by atomic mass is 10.1. The SMILES string of the molecule is CC(=O)OCC/N=C/C=C(\C)CC/C=C(\C)CCC=C(C)C. The standard InChI is InChI=1S/C19H31NO2/c1-16(2)8-6-9-17(3)10-7-11-18(4)12-13-20-14-15-22-19(5)21/h8,10,12-13H,6-7,9,11,14-15H2,1-5H3/b17-10+,18-12+,20-13+. The van der Waals surface area contributed by atoms with Crippen LogP contribution in [0.3, 0.4) is 0 Å². The molecule has 3 nitrogen and oxygen atoms in total. The topological polar surface area (TPSA) is 38.7 Å². The molecule has 0 aromatic carbocycles. The van der Waals surface area contributed by atoms with E-state index in [1.165, 1.54) is 23.6 Å². The Morgan fingerprint density at radius 3 is 2.23 bits per heavy atom. The first-order valence-corrected chi connectivity index (χ1v) is 7.99. The van der Waals surface area contributed by atoms with Gasteiger partial charge >= 0.3 is 5.97 Å². The van der Waals surface area contributed by atoms with E-state index < -0.39 is 0 Å². The molecule has 0 fully saturated rings. The van der Waals surface area contributed by atoms with Crippen LogP contribution in [0.1, 0.15) is 60.3 Å². The molecule has 3 heteroatoms. The third-order valence-electron chi connectivity index (χ3n) is 3.11. The lowest BCUT2D eigenvalue weighted by Gasteiger charge is -2.00. The predicted octanol–water partition coefficient (Wildman–Crippen LogP) is 5.04. The van der Waals surface area contributed by atoms with E-state index in [0.717, 1.165) is 25.7 Å². The van der Waals surface area contributed by atoms with Crippen LogP contribution in [0.15, 0.2) is 39.9 Å². The van der Waals surface area contributed by atoms with Crippen molar-refractivity contribution in [1.29, 1.82) is 0 Å². The van der Waals surface area contributed by atoms with Gasteiger partial charge in [-0.3, -0.25) is 9.79 Å². The first kappa shape index (κ1) is 20.4. The Morgan fingerprint density at radius 1 is 0.955 bits per heavy atom. The van der Waals surface area contributed by atoms with Crippen molar-refractivity contribution in [3.63, 3.8) is 0 Å². The zero-order valence-corrected chi connectivity index (χ0v) is 14.8. The van der Waals surface area contributed by atoms with E-state index in [1.807, 2.05) is 6.08 Å². The van der Waals surface area contributed by atoms with Crippen LogP contribution in [0.5, 0.6) is 0 Å². The van der Waals surface area contributed by atoms with Crippen LogP contribution >= 0.6 is 0 Å². The van der Waals surface area contributed by atoms with Crippen LogP contribution in [0.25, 0.3) is 0 Å². The Morgan fingerprint density at radius 2 is 1.59 bits per heavy atom. The molecule has 0 aromatic heterocycles. The van der Waals surface area contributed by atoms with Crippen molar-refractivity contribution in [2.24, 2.45) is 4.99 Å². The zero-order chi connectivity index (χ0) is 16.8. The predicted molar refractivity (Wildman–Crippen MR) is 95.4 cm³/mol. The van der Waals surface area contributed by atoms with Gasteiger partial charge in [-0.2, -0.15) is 0 Å². The number of allylic oxidation sites excluding steroid dienone is 6. The summed E-state index contributed by atoms with van der Waals surface area (Å²) in [5, 5.41) is 0. The second kappa shape index (κ2) is 13.1. The van der Waals surface area contributed by atoms with E-state index in [4.69, 9.17) is 4.74 Å². The first-order chi connectivity index (χ1) is 10.4. The number of hydrogen-bond acceptors (Lipinski definition) is 3. The van der Waals surface area contributed by atoms with E-state index >= 15 is 0 Å². The number of nitrogens with zero attached hydrogens (tertiary/aromatic N) is 1. The summed E-state index contributed by atoms with van der Waals surface area (Å²) in [6, 6.07) is 0. The number of esters is 1. The van der Waals surface area contributed by atoms with Gasteiger partial charge in [0.1, 0.15) is 6.61 Å². The normalized spacial score (nSPS) is 12.6. The van der Waals surface area contributed by atoms with Gasteiger partial charge in [0.05, 0.1) is 6.54 Å². The first-order valence-electron chi connectivity index (χ1n) is 7.99. The van der Waals surface area contributed by atoms with Gasteiger partial charge in [-0.15, -0.1) is 0 Å². The Balaban J connectivity index is 3.88. The maximum atomic E-state index is 10.6. The summed E-state index contributed by atoms with van der Waals surface area (Å²) < 4.78 is 4.80. The van der Waals surface area contributed by atoms with Crippen molar-refractivity contribution < 1.29 is 9.53 Å². The molecule has 0 aliphatic rings. The van der Waals surface area contributed by atoms with Gasteiger partial charge in [-0.1, -0.05) is 28.9 Å². The molecule has 0 bridgehead atoms. The van der Waals surface area contributed by atoms with Crippen LogP contribution < -0.4 is 0 Å². The molecule has 0 aliphatic heterocycles. The summed E-state index contributed by atoms with van der Waals surface area (Å²) in [6.45, 7) is 10.9. The second-order valence-electron chi connectivity index (χ2n) is 5.82. The van der Waals surface area contributed by atoms with Gasteiger partial charge in [0.25, 0.3) is 0 Å². The molecule has 22 heavy (non-hydrogen) atoms. The lowest BCUT2D eigenvalue weighted by Crippen LogP contribution is -2.02. The fourth-order valence-corrected chi connectivity index (χ4v) is 1.82. The largest absolute Gasteiger partial charge is 0.464 e. The molecule has 0 unspecified atom stereocenters. The van der Waals surface area contributed by atoms with Gasteiger partial charge in [0.2, 0.25) is 0 Å². The van der Waals surface area contributed by atoms with Gasteiger partial charge < -0.3 is 4.74 Å². The minimum Gasteiger partial charge on any atom is -0.464 e. The minimum absolute atomic E-state index is 0.256. The Labute approximate surface area is 135 Å². The van der Waals surface area contributed by atoms with Crippen molar-refractivity contribution >= 4 is 12.2 Å². The quantitative estimate of drug-likeness (QED) is 0.245. The van der Waals surface area contributed by atoms with Crippen LogP contribution in [-0.2, 0) is 9.53 Å². The van der Waals surface area contributed by atoms with Crippen LogP contribution in [0.2, 0.25) is 0 Å². The van der Waals surface area contributed by atoms with E-state index in [0.29, 0.717) is 13.2 Å². The summed E-state index contributed by atoms with van der Waals surface area (Å²) in [7, 11) is 0. The molecule has 124 valence electrons. The van der Waals surface area contributed by atoms with E-state index in [2.05, 4.69) is 44.8 Å². The number of rotatable bonds is 10. The second-order valence-corrected chi connectivity index (χ2v) is 5.82. The van der Waals surface area contributed by atoms with Gasteiger partial charge in [-0.05, 0) is 59.5 Å². The van der Waals surface area contributed by atoms with E-state index in [9.17, 15) is 4.79 Å². The lowest BCUT2D eigenvalue weighted by molar-refractivity contribution is -0.140. The number of hydrogen-bond donors (Lipinski definition) is 0. The maximum Gasteiger partial charge on any atom is 0.302 e. The number of aliphatic imine (C=N–C) groups is 1. The molecule has 0 aromatic rings. The third-order valence-corrected chi connectivity index (χ3v) is 3.11. The average Bonchev–Trinajstić information content (AvgIpc) is 2.42. The molecule has 0 amide bonds. The van der Waals surface area contributed by atoms with Crippen LogP contribution in [0.4, 0.5) is 0 Å². The summed E-state index contributed by atoms with van der Waals surface area (Å²) >= 11 is 0. The maximum absolute atomic E-state index is 10.6. The molecule has 0 heterocycles. The van der Waals surface area contributed by atoms with Crippen molar-refractivity contribution in [1.82, 2.24) is 0 Å². The van der Waals surface area contributed by atoms with Gasteiger partial charge in [-0.25, -0.2) is 0 Å². The highest BCUT2D eigenvalue weighted by atomic mass is 16.5. The highest BCUT2D eigenvalue weighted by Crippen LogP contribution is 2.10. The van der Waals surface area contributed by atoms with Gasteiger partial charge in [0, 0.05) is 13.1 Å². The van der Waals surface area contributed by atoms with Crippen molar-refractivity contribution in [3.05, 3.63) is 34.9 Å². The number of carbonyl (C=O) groups is 1. The average molecular weight is 305 g/mol. The van der Waals surface area contributed by atoms with E-state index in [1.54, 1.807) is 6.21 Å². The Bertz CT molecular complexity index is 438. The molecular weight excluding hydrogens is 274 g/mol. The summed E-state index contributed by atoms with van der Waals surface area (Å²) in [6.07, 6.45) is 12.8.